The third-order valence-corrected chi connectivity index (χ3v) is 6.21. The highest BCUT2D eigenvalue weighted by Crippen LogP contribution is 2.36. The van der Waals surface area contributed by atoms with Gasteiger partial charge in [-0.3, -0.25) is 9.59 Å². The second kappa shape index (κ2) is 7.64. The van der Waals surface area contributed by atoms with E-state index in [4.69, 9.17) is 4.18 Å². The molecule has 0 aliphatic carbocycles. The number of hydrogen-bond acceptors (Lipinski definition) is 6. The zero-order chi connectivity index (χ0) is 22.5. The van der Waals surface area contributed by atoms with Crippen LogP contribution >= 0.6 is 0 Å². The number of nitrogens with zero attached hydrogens (tertiary/aromatic N) is 1. The molecule has 2 aliphatic heterocycles. The van der Waals surface area contributed by atoms with Gasteiger partial charge >= 0.3 is 10.1 Å². The summed E-state index contributed by atoms with van der Waals surface area (Å²) < 4.78 is 28.2. The smallest absolute Gasteiger partial charge is 0.306 e. The van der Waals surface area contributed by atoms with Gasteiger partial charge in [-0.2, -0.15) is 8.42 Å². The van der Waals surface area contributed by atoms with E-state index in [2.05, 4.69) is 15.6 Å². The van der Waals surface area contributed by atoms with Gasteiger partial charge in [0.15, 0.2) is 0 Å². The number of carbonyl (C=O) groups excluding carboxylic acids is 2. The molecule has 3 aromatic rings. The van der Waals surface area contributed by atoms with Crippen LogP contribution in [0.5, 0.6) is 5.75 Å². The fraction of sp³-hybridized carbons (Fsp3) is 0.273. The van der Waals surface area contributed by atoms with E-state index in [1.54, 1.807) is 18.2 Å². The van der Waals surface area contributed by atoms with Crippen molar-refractivity contribution in [3.63, 3.8) is 0 Å². The van der Waals surface area contributed by atoms with Crippen LogP contribution < -0.4 is 14.8 Å². The zero-order valence-corrected chi connectivity index (χ0v) is 18.2. The molecule has 166 valence electrons. The molecule has 0 atom stereocenters. The van der Waals surface area contributed by atoms with Crippen LogP contribution in [-0.2, 0) is 16.7 Å². The molecular weight excluding hydrogens is 432 g/mol. The van der Waals surface area contributed by atoms with Crippen LogP contribution in [0, 0.1) is 0 Å². The maximum absolute atomic E-state index is 12.8. The zero-order valence-electron chi connectivity index (χ0n) is 17.4. The predicted octanol–water partition coefficient (Wildman–Crippen LogP) is 1.46. The minimum absolute atomic E-state index is 0.00121. The highest BCUT2D eigenvalue weighted by molar-refractivity contribution is 7.86. The molecule has 0 unspecified atom stereocenters. The molecule has 0 bridgehead atoms. The van der Waals surface area contributed by atoms with E-state index in [1.807, 2.05) is 23.1 Å². The summed E-state index contributed by atoms with van der Waals surface area (Å²) in [5, 5.41) is 6.82. The van der Waals surface area contributed by atoms with Gasteiger partial charge in [0, 0.05) is 66.0 Å². The number of nitrogens with one attached hydrogen (secondary N) is 3. The van der Waals surface area contributed by atoms with Crippen molar-refractivity contribution < 1.29 is 22.2 Å². The first kappa shape index (κ1) is 20.5. The van der Waals surface area contributed by atoms with Crippen molar-refractivity contribution in [3.05, 3.63) is 53.1 Å². The summed E-state index contributed by atoms with van der Waals surface area (Å²) in [5.74, 6) is -0.148. The Morgan fingerprint density at radius 2 is 1.88 bits per heavy atom. The monoisotopic (exact) mass is 454 g/mol. The first-order valence-corrected chi connectivity index (χ1v) is 12.1. The maximum Gasteiger partial charge on any atom is 0.306 e. The van der Waals surface area contributed by atoms with Gasteiger partial charge in [-0.15, -0.1) is 0 Å². The van der Waals surface area contributed by atoms with Crippen LogP contribution in [0.1, 0.15) is 26.3 Å². The van der Waals surface area contributed by atoms with Gasteiger partial charge in [-0.1, -0.05) is 0 Å². The summed E-state index contributed by atoms with van der Waals surface area (Å²) in [6.45, 7) is 3.12. The molecule has 9 nitrogen and oxygen atoms in total. The Morgan fingerprint density at radius 3 is 2.62 bits per heavy atom. The van der Waals surface area contributed by atoms with Gasteiger partial charge < -0.3 is 24.7 Å². The molecule has 3 heterocycles. The summed E-state index contributed by atoms with van der Waals surface area (Å²) in [5.41, 5.74) is 3.68. The van der Waals surface area contributed by atoms with E-state index >= 15 is 0 Å². The molecule has 10 heteroatoms. The molecule has 2 aromatic carbocycles. The van der Waals surface area contributed by atoms with E-state index in [9.17, 15) is 18.0 Å². The Labute approximate surface area is 184 Å². The molecule has 1 fully saturated rings. The second-order valence-electron chi connectivity index (χ2n) is 7.96. The van der Waals surface area contributed by atoms with Crippen molar-refractivity contribution in [1.82, 2.24) is 20.5 Å². The van der Waals surface area contributed by atoms with Gasteiger partial charge in [0.2, 0.25) is 0 Å². The lowest BCUT2D eigenvalue weighted by Crippen LogP contribution is -2.46. The Bertz CT molecular complexity index is 1360. The molecule has 1 saturated heterocycles. The van der Waals surface area contributed by atoms with Gasteiger partial charge in [-0.25, -0.2) is 0 Å². The number of rotatable bonds is 4. The molecule has 32 heavy (non-hydrogen) atoms. The number of piperazine rings is 1. The summed E-state index contributed by atoms with van der Waals surface area (Å²) in [6.07, 6.45) is 0.967. The average Bonchev–Trinajstić information content (AvgIpc) is 3.37. The molecule has 0 radical (unpaired) electrons. The summed E-state index contributed by atoms with van der Waals surface area (Å²) in [6, 6.07) is 10.6. The van der Waals surface area contributed by atoms with Crippen molar-refractivity contribution in [1.29, 1.82) is 0 Å². The lowest BCUT2D eigenvalue weighted by molar-refractivity contribution is 0.0735. The van der Waals surface area contributed by atoms with Crippen LogP contribution in [0.25, 0.3) is 22.2 Å². The van der Waals surface area contributed by atoms with Crippen LogP contribution in [0.4, 0.5) is 0 Å². The standard InChI is InChI=1S/C22H22N4O5S/c1-32(29,30)31-19-5-3-15(20-16(19)12-24-21(20)27)18-11-14-10-13(2-4-17(14)25-18)22(28)26-8-6-23-7-9-26/h2-5,10-11,23,25H,6-9,12H2,1H3,(H,24,27). The first-order chi connectivity index (χ1) is 15.3. The van der Waals surface area contributed by atoms with Gasteiger partial charge in [0.1, 0.15) is 5.75 Å². The number of aromatic amines is 1. The first-order valence-electron chi connectivity index (χ1n) is 10.3. The quantitative estimate of drug-likeness (QED) is 0.514. The third kappa shape index (κ3) is 3.71. The van der Waals surface area contributed by atoms with E-state index < -0.39 is 10.1 Å². The highest BCUT2D eigenvalue weighted by atomic mass is 32.2. The fourth-order valence-corrected chi connectivity index (χ4v) is 4.73. The van der Waals surface area contributed by atoms with Crippen molar-refractivity contribution >= 4 is 32.8 Å². The number of benzene rings is 2. The molecule has 2 aliphatic rings. The van der Waals surface area contributed by atoms with Crippen molar-refractivity contribution in [2.24, 2.45) is 0 Å². The Kier molecular flexibility index (Phi) is 4.90. The predicted molar refractivity (Wildman–Crippen MR) is 119 cm³/mol. The molecule has 0 saturated carbocycles. The molecule has 5 rings (SSSR count). The van der Waals surface area contributed by atoms with Crippen LogP contribution in [0.3, 0.4) is 0 Å². The normalized spacial score (nSPS) is 16.2. The summed E-state index contributed by atoms with van der Waals surface area (Å²) in [7, 11) is -3.72. The Morgan fingerprint density at radius 1 is 1.09 bits per heavy atom. The molecule has 0 spiro atoms. The maximum atomic E-state index is 12.8. The molecular formula is C22H22N4O5S. The van der Waals surface area contributed by atoms with Gasteiger partial charge in [0.25, 0.3) is 11.8 Å². The lowest BCUT2D eigenvalue weighted by Gasteiger charge is -2.27. The van der Waals surface area contributed by atoms with Crippen molar-refractivity contribution in [2.45, 2.75) is 6.54 Å². The molecule has 1 aromatic heterocycles. The lowest BCUT2D eigenvalue weighted by atomic mass is 9.99. The summed E-state index contributed by atoms with van der Waals surface area (Å²) in [4.78, 5) is 30.5. The topological polar surface area (TPSA) is 121 Å². The number of H-pyrrole nitrogens is 1. The van der Waals surface area contributed by atoms with Crippen molar-refractivity contribution in [3.8, 4) is 17.0 Å². The molecule has 2 amide bonds. The van der Waals surface area contributed by atoms with Gasteiger partial charge in [0.05, 0.1) is 11.8 Å². The second-order valence-corrected chi connectivity index (χ2v) is 9.54. The van der Waals surface area contributed by atoms with Gasteiger partial charge in [-0.05, 0) is 36.4 Å². The van der Waals surface area contributed by atoms with E-state index in [0.29, 0.717) is 41.0 Å². The van der Waals surface area contributed by atoms with E-state index in [0.717, 1.165) is 30.2 Å². The van der Waals surface area contributed by atoms with Crippen LogP contribution in [0.15, 0.2) is 36.4 Å². The van der Waals surface area contributed by atoms with Crippen LogP contribution in [0.2, 0.25) is 0 Å². The number of fused-ring (bicyclic) bond motifs is 2. The van der Waals surface area contributed by atoms with E-state index in [1.165, 1.54) is 0 Å². The molecule has 3 N–H and O–H groups in total. The largest absolute Gasteiger partial charge is 0.382 e. The summed E-state index contributed by atoms with van der Waals surface area (Å²) >= 11 is 0. The van der Waals surface area contributed by atoms with Crippen LogP contribution in [-0.4, -0.2) is 62.6 Å². The van der Waals surface area contributed by atoms with Crippen molar-refractivity contribution in [2.75, 3.05) is 32.4 Å². The SMILES string of the molecule is CS(=O)(=O)Oc1ccc(-c2cc3cc(C(=O)N4CCNCC4)ccc3[nH]2)c2c1CNC2=O. The fourth-order valence-electron chi connectivity index (χ4n) is 4.25. The Hall–Kier alpha value is -3.37. The number of amides is 2. The highest BCUT2D eigenvalue weighted by Gasteiger charge is 2.28. The number of aromatic nitrogens is 1. The van der Waals surface area contributed by atoms with E-state index in [-0.39, 0.29) is 24.1 Å². The minimum Gasteiger partial charge on any atom is -0.382 e. The Balaban J connectivity index is 1.53. The minimum atomic E-state index is -3.72. The third-order valence-electron chi connectivity index (χ3n) is 5.73. The average molecular weight is 455 g/mol. The number of hydrogen-bond donors (Lipinski definition) is 3. The number of carbonyl (C=O) groups is 2.